The molecule has 1 aliphatic heterocycles. The summed E-state index contributed by atoms with van der Waals surface area (Å²) in [7, 11) is 0. The number of carbonyl (C=O) groups is 1. The van der Waals surface area contributed by atoms with Gasteiger partial charge in [-0.2, -0.15) is 0 Å². The summed E-state index contributed by atoms with van der Waals surface area (Å²) in [6, 6.07) is 4.26. The van der Waals surface area contributed by atoms with Crippen molar-refractivity contribution in [3.05, 3.63) is 24.0 Å². The Morgan fingerprint density at radius 1 is 1.48 bits per heavy atom. The first kappa shape index (κ1) is 15.8. The van der Waals surface area contributed by atoms with E-state index >= 15 is 0 Å². The highest BCUT2D eigenvalue weighted by molar-refractivity contribution is 5.78. The summed E-state index contributed by atoms with van der Waals surface area (Å²) >= 11 is 0. The minimum Gasteiger partial charge on any atom is -0.397 e. The molecule has 2 rings (SSSR count). The van der Waals surface area contributed by atoms with Crippen molar-refractivity contribution >= 4 is 11.6 Å². The maximum atomic E-state index is 11.8. The molecule has 0 spiro atoms. The van der Waals surface area contributed by atoms with Crippen LogP contribution >= 0.6 is 0 Å². The van der Waals surface area contributed by atoms with E-state index in [9.17, 15) is 4.79 Å². The van der Waals surface area contributed by atoms with E-state index < -0.39 is 0 Å². The monoisotopic (exact) mass is 290 g/mol. The normalized spacial score (nSPS) is 19.4. The number of nitrogens with two attached hydrogens (primary N) is 1. The molecule has 5 nitrogen and oxygen atoms in total. The zero-order valence-corrected chi connectivity index (χ0v) is 12.8. The largest absolute Gasteiger partial charge is 0.397 e. The van der Waals surface area contributed by atoms with Crippen LogP contribution in [0, 0.1) is 0 Å². The van der Waals surface area contributed by atoms with E-state index in [-0.39, 0.29) is 5.91 Å². The number of hydrogen-bond acceptors (Lipinski definition) is 4. The number of anilines is 1. The lowest BCUT2D eigenvalue weighted by molar-refractivity contribution is -0.120. The SMILES string of the molecule is CC1CCCCN1CCCNC(=O)Cc1ccc(N)cn1. The summed E-state index contributed by atoms with van der Waals surface area (Å²) < 4.78 is 0. The van der Waals surface area contributed by atoms with E-state index in [2.05, 4.69) is 22.1 Å². The van der Waals surface area contributed by atoms with Crippen molar-refractivity contribution in [1.82, 2.24) is 15.2 Å². The molecule has 1 fully saturated rings. The average Bonchev–Trinajstić information content (AvgIpc) is 2.48. The number of pyridine rings is 1. The second-order valence-electron chi connectivity index (χ2n) is 5.84. The van der Waals surface area contributed by atoms with Crippen LogP contribution in [0.15, 0.2) is 18.3 Å². The zero-order valence-electron chi connectivity index (χ0n) is 12.8. The van der Waals surface area contributed by atoms with Crippen LogP contribution in [0.2, 0.25) is 0 Å². The molecule has 1 amide bonds. The number of amides is 1. The second kappa shape index (κ2) is 7.98. The number of hydrogen-bond donors (Lipinski definition) is 2. The van der Waals surface area contributed by atoms with Gasteiger partial charge in [-0.15, -0.1) is 0 Å². The van der Waals surface area contributed by atoms with Gasteiger partial charge in [0.25, 0.3) is 0 Å². The molecule has 1 unspecified atom stereocenters. The van der Waals surface area contributed by atoms with Crippen LogP contribution < -0.4 is 11.1 Å². The predicted molar refractivity (Wildman–Crippen MR) is 84.9 cm³/mol. The van der Waals surface area contributed by atoms with Gasteiger partial charge >= 0.3 is 0 Å². The summed E-state index contributed by atoms with van der Waals surface area (Å²) in [6.45, 7) is 5.30. The summed E-state index contributed by atoms with van der Waals surface area (Å²) in [5, 5.41) is 2.96. The van der Waals surface area contributed by atoms with Crippen LogP contribution in [0.25, 0.3) is 0 Å². The molecule has 1 saturated heterocycles. The smallest absolute Gasteiger partial charge is 0.226 e. The maximum absolute atomic E-state index is 11.8. The molecule has 5 heteroatoms. The Labute approximate surface area is 126 Å². The van der Waals surface area contributed by atoms with Gasteiger partial charge in [0, 0.05) is 24.8 Å². The Morgan fingerprint density at radius 3 is 3.05 bits per heavy atom. The van der Waals surface area contributed by atoms with Crippen molar-refractivity contribution in [3.8, 4) is 0 Å². The molecule has 116 valence electrons. The third-order valence-corrected chi connectivity index (χ3v) is 4.07. The van der Waals surface area contributed by atoms with Crippen LogP contribution in [0.5, 0.6) is 0 Å². The van der Waals surface area contributed by atoms with Gasteiger partial charge in [0.2, 0.25) is 5.91 Å². The molecule has 0 aliphatic carbocycles. The van der Waals surface area contributed by atoms with E-state index in [0.717, 1.165) is 25.2 Å². The fraction of sp³-hybridized carbons (Fsp3) is 0.625. The van der Waals surface area contributed by atoms with Crippen molar-refractivity contribution < 1.29 is 4.79 Å². The van der Waals surface area contributed by atoms with Crippen LogP contribution in [0.1, 0.15) is 38.3 Å². The molecular formula is C16H26N4O. The van der Waals surface area contributed by atoms with Gasteiger partial charge < -0.3 is 16.0 Å². The lowest BCUT2D eigenvalue weighted by Gasteiger charge is -2.33. The Morgan fingerprint density at radius 2 is 2.33 bits per heavy atom. The van der Waals surface area contributed by atoms with Crippen molar-refractivity contribution in [2.24, 2.45) is 0 Å². The number of carbonyl (C=O) groups excluding carboxylic acids is 1. The van der Waals surface area contributed by atoms with Crippen LogP contribution in [-0.4, -0.2) is 41.5 Å². The number of nitrogens with zero attached hydrogens (tertiary/aromatic N) is 2. The number of aromatic nitrogens is 1. The Hall–Kier alpha value is -1.62. The van der Waals surface area contributed by atoms with Gasteiger partial charge in [0.15, 0.2) is 0 Å². The molecule has 0 aromatic carbocycles. The molecular weight excluding hydrogens is 264 g/mol. The van der Waals surface area contributed by atoms with Gasteiger partial charge in [-0.3, -0.25) is 9.78 Å². The first-order valence-corrected chi connectivity index (χ1v) is 7.86. The highest BCUT2D eigenvalue weighted by atomic mass is 16.1. The van der Waals surface area contributed by atoms with Gasteiger partial charge in [-0.05, 0) is 44.9 Å². The van der Waals surface area contributed by atoms with Gasteiger partial charge in [0.05, 0.1) is 18.3 Å². The van der Waals surface area contributed by atoms with E-state index in [1.807, 2.05) is 0 Å². The highest BCUT2D eigenvalue weighted by Gasteiger charge is 2.17. The standard InChI is InChI=1S/C16H26N4O/c1-13-5-2-3-9-20(13)10-4-8-18-16(21)11-15-7-6-14(17)12-19-15/h6-7,12-13H,2-5,8-11,17H2,1H3,(H,18,21). The van der Waals surface area contributed by atoms with E-state index in [1.165, 1.54) is 25.8 Å². The lowest BCUT2D eigenvalue weighted by atomic mass is 10.0. The summed E-state index contributed by atoms with van der Waals surface area (Å²) in [6.07, 6.45) is 6.86. The Balaban J connectivity index is 1.61. The van der Waals surface area contributed by atoms with Crippen LogP contribution in [-0.2, 0) is 11.2 Å². The number of nitrogen functional groups attached to an aromatic ring is 1. The summed E-state index contributed by atoms with van der Waals surface area (Å²) in [4.78, 5) is 18.5. The zero-order chi connectivity index (χ0) is 15.1. The van der Waals surface area contributed by atoms with E-state index in [1.54, 1.807) is 18.3 Å². The lowest BCUT2D eigenvalue weighted by Crippen LogP contribution is -2.39. The molecule has 2 heterocycles. The third-order valence-electron chi connectivity index (χ3n) is 4.07. The third kappa shape index (κ3) is 5.34. The Kier molecular flexibility index (Phi) is 5.99. The number of rotatable bonds is 6. The molecule has 1 aromatic rings. The molecule has 3 N–H and O–H groups in total. The minimum absolute atomic E-state index is 0.0268. The van der Waals surface area contributed by atoms with E-state index in [4.69, 9.17) is 5.73 Å². The maximum Gasteiger partial charge on any atom is 0.226 e. The van der Waals surface area contributed by atoms with Crippen LogP contribution in [0.3, 0.4) is 0 Å². The van der Waals surface area contributed by atoms with Crippen molar-refractivity contribution in [2.45, 2.75) is 45.1 Å². The fourth-order valence-corrected chi connectivity index (χ4v) is 2.77. The predicted octanol–water partition coefficient (Wildman–Crippen LogP) is 1.59. The van der Waals surface area contributed by atoms with Gasteiger partial charge in [-0.1, -0.05) is 6.42 Å². The molecule has 0 bridgehead atoms. The van der Waals surface area contributed by atoms with Crippen LogP contribution in [0.4, 0.5) is 5.69 Å². The molecule has 1 atom stereocenters. The quantitative estimate of drug-likeness (QED) is 0.780. The first-order chi connectivity index (χ1) is 10.1. The molecule has 1 aliphatic rings. The minimum atomic E-state index is 0.0268. The first-order valence-electron chi connectivity index (χ1n) is 7.86. The van der Waals surface area contributed by atoms with E-state index in [0.29, 0.717) is 18.2 Å². The van der Waals surface area contributed by atoms with Gasteiger partial charge in [-0.25, -0.2) is 0 Å². The number of nitrogens with one attached hydrogen (secondary N) is 1. The topological polar surface area (TPSA) is 71.2 Å². The average molecular weight is 290 g/mol. The summed E-state index contributed by atoms with van der Waals surface area (Å²) in [5.74, 6) is 0.0268. The van der Waals surface area contributed by atoms with Crippen molar-refractivity contribution in [3.63, 3.8) is 0 Å². The second-order valence-corrected chi connectivity index (χ2v) is 5.84. The fourth-order valence-electron chi connectivity index (χ4n) is 2.77. The van der Waals surface area contributed by atoms with Crippen molar-refractivity contribution in [1.29, 1.82) is 0 Å². The highest BCUT2D eigenvalue weighted by Crippen LogP contribution is 2.16. The molecule has 0 radical (unpaired) electrons. The van der Waals surface area contributed by atoms with Crippen molar-refractivity contribution in [2.75, 3.05) is 25.4 Å². The summed E-state index contributed by atoms with van der Waals surface area (Å²) in [5.41, 5.74) is 6.95. The molecule has 1 aromatic heterocycles. The van der Waals surface area contributed by atoms with Gasteiger partial charge in [0.1, 0.15) is 0 Å². The number of piperidine rings is 1. The molecule has 21 heavy (non-hydrogen) atoms. The molecule has 0 saturated carbocycles. The Bertz CT molecular complexity index is 446. The number of likely N-dealkylation sites (tertiary alicyclic amines) is 1.